The van der Waals surface area contributed by atoms with E-state index < -0.39 is 38.2 Å². The van der Waals surface area contributed by atoms with Crippen LogP contribution in [0.25, 0.3) is 0 Å². The number of hydrogen-bond acceptors (Lipinski definition) is 3. The normalized spacial score (nSPS) is 20.6. The van der Waals surface area contributed by atoms with Crippen LogP contribution < -0.4 is 5.73 Å². The highest BCUT2D eigenvalue weighted by atomic mass is 32.2. The summed E-state index contributed by atoms with van der Waals surface area (Å²) in [4.78, 5) is -1.59. The monoisotopic (exact) mass is 312 g/mol. The molecule has 0 saturated carbocycles. The molecule has 2 rings (SSSR count). The molecule has 4 nitrogen and oxygen atoms in total. The van der Waals surface area contributed by atoms with Gasteiger partial charge >= 0.3 is 0 Å². The van der Waals surface area contributed by atoms with Crippen LogP contribution in [0.1, 0.15) is 6.42 Å². The van der Waals surface area contributed by atoms with Crippen LogP contribution in [0.4, 0.5) is 17.6 Å². The Labute approximate surface area is 113 Å². The van der Waals surface area contributed by atoms with Crippen molar-refractivity contribution in [1.82, 2.24) is 4.31 Å². The topological polar surface area (TPSA) is 63.4 Å². The van der Waals surface area contributed by atoms with Gasteiger partial charge in [-0.05, 0) is 18.9 Å². The van der Waals surface area contributed by atoms with Gasteiger partial charge in [-0.3, -0.25) is 0 Å². The summed E-state index contributed by atoms with van der Waals surface area (Å²) in [5.41, 5.74) is 5.40. The van der Waals surface area contributed by atoms with Crippen LogP contribution in [0.2, 0.25) is 0 Å². The van der Waals surface area contributed by atoms with Crippen molar-refractivity contribution in [3.8, 4) is 0 Å². The molecule has 1 aromatic rings. The van der Waals surface area contributed by atoms with Crippen molar-refractivity contribution in [3.05, 3.63) is 29.3 Å². The summed E-state index contributed by atoms with van der Waals surface area (Å²) >= 11 is 0. The van der Waals surface area contributed by atoms with Crippen molar-refractivity contribution in [2.45, 2.75) is 11.3 Å². The van der Waals surface area contributed by atoms with Crippen LogP contribution in [-0.4, -0.2) is 32.4 Å². The zero-order chi connectivity index (χ0) is 15.1. The van der Waals surface area contributed by atoms with Gasteiger partial charge in [-0.2, -0.15) is 4.31 Å². The highest BCUT2D eigenvalue weighted by Gasteiger charge is 2.37. The summed E-state index contributed by atoms with van der Waals surface area (Å²) < 4.78 is 78.3. The van der Waals surface area contributed by atoms with Gasteiger partial charge in [0.1, 0.15) is 0 Å². The first-order valence-corrected chi connectivity index (χ1v) is 7.26. The summed E-state index contributed by atoms with van der Waals surface area (Å²) in [7, 11) is -4.64. The second-order valence-electron chi connectivity index (χ2n) is 4.55. The SMILES string of the molecule is NCC1CCN(S(=O)(=O)c2c(F)c(F)cc(F)c2F)C1. The number of rotatable bonds is 3. The molecule has 0 radical (unpaired) electrons. The minimum atomic E-state index is -4.64. The Balaban J connectivity index is 2.51. The van der Waals surface area contributed by atoms with Gasteiger partial charge in [-0.25, -0.2) is 26.0 Å². The zero-order valence-electron chi connectivity index (χ0n) is 10.2. The van der Waals surface area contributed by atoms with Crippen molar-refractivity contribution in [1.29, 1.82) is 0 Å². The molecule has 1 saturated heterocycles. The number of sulfonamides is 1. The summed E-state index contributed by atoms with van der Waals surface area (Å²) in [5.74, 6) is -7.48. The van der Waals surface area contributed by atoms with E-state index in [1.165, 1.54) is 0 Å². The fourth-order valence-corrected chi connectivity index (χ4v) is 3.77. The molecule has 0 aliphatic carbocycles. The molecule has 112 valence electrons. The maximum atomic E-state index is 13.6. The van der Waals surface area contributed by atoms with E-state index in [4.69, 9.17) is 5.73 Å². The molecule has 2 N–H and O–H groups in total. The molecule has 1 aliphatic heterocycles. The maximum absolute atomic E-state index is 13.6. The Kier molecular flexibility index (Phi) is 4.03. The van der Waals surface area contributed by atoms with Crippen molar-refractivity contribution in [2.24, 2.45) is 11.7 Å². The molecule has 1 atom stereocenters. The van der Waals surface area contributed by atoms with E-state index in [1.54, 1.807) is 0 Å². The number of nitrogens with zero attached hydrogens (tertiary/aromatic N) is 1. The lowest BCUT2D eigenvalue weighted by molar-refractivity contribution is 0.403. The Morgan fingerprint density at radius 3 is 2.20 bits per heavy atom. The Hall–Kier alpha value is -1.19. The first-order chi connectivity index (χ1) is 9.28. The van der Waals surface area contributed by atoms with Gasteiger partial charge in [0.05, 0.1) is 0 Å². The van der Waals surface area contributed by atoms with E-state index >= 15 is 0 Å². The quantitative estimate of drug-likeness (QED) is 0.674. The van der Waals surface area contributed by atoms with Gasteiger partial charge in [0, 0.05) is 19.2 Å². The predicted octanol–water partition coefficient (Wildman–Crippen LogP) is 1.21. The summed E-state index contributed by atoms with van der Waals surface area (Å²) in [6, 6.07) is -0.0314. The van der Waals surface area contributed by atoms with E-state index in [1.807, 2.05) is 0 Å². The molecule has 1 fully saturated rings. The lowest BCUT2D eigenvalue weighted by atomic mass is 10.1. The lowest BCUT2D eigenvalue weighted by Gasteiger charge is -2.17. The molecule has 20 heavy (non-hydrogen) atoms. The minimum absolute atomic E-state index is 0.00120. The van der Waals surface area contributed by atoms with Gasteiger partial charge in [-0.15, -0.1) is 0 Å². The lowest BCUT2D eigenvalue weighted by Crippen LogP contribution is -2.31. The van der Waals surface area contributed by atoms with Crippen LogP contribution in [0.15, 0.2) is 11.0 Å². The highest BCUT2D eigenvalue weighted by Crippen LogP contribution is 2.29. The summed E-state index contributed by atoms with van der Waals surface area (Å²) in [6.45, 7) is 0.186. The molecule has 0 bridgehead atoms. The molecule has 1 unspecified atom stereocenters. The van der Waals surface area contributed by atoms with Crippen molar-refractivity contribution >= 4 is 10.0 Å². The van der Waals surface area contributed by atoms with Gasteiger partial charge in [0.2, 0.25) is 10.0 Å². The predicted molar refractivity (Wildman–Crippen MR) is 62.2 cm³/mol. The number of halogens is 4. The van der Waals surface area contributed by atoms with Crippen molar-refractivity contribution in [3.63, 3.8) is 0 Å². The molecule has 0 aromatic heterocycles. The zero-order valence-corrected chi connectivity index (χ0v) is 11.1. The molecule has 1 aliphatic rings. The van der Waals surface area contributed by atoms with E-state index in [0.29, 0.717) is 6.42 Å². The van der Waals surface area contributed by atoms with Crippen molar-refractivity contribution < 1.29 is 26.0 Å². The highest BCUT2D eigenvalue weighted by molar-refractivity contribution is 7.89. The molecule has 1 aromatic carbocycles. The first-order valence-electron chi connectivity index (χ1n) is 5.82. The second kappa shape index (κ2) is 5.30. The third-order valence-corrected chi connectivity index (χ3v) is 5.14. The molecule has 0 amide bonds. The first kappa shape index (κ1) is 15.2. The molecular formula is C11H12F4N2O2S. The average Bonchev–Trinajstić information content (AvgIpc) is 2.86. The maximum Gasteiger partial charge on any atom is 0.249 e. The van der Waals surface area contributed by atoms with Gasteiger partial charge in [0.25, 0.3) is 0 Å². The number of hydrogen-bond donors (Lipinski definition) is 1. The smallest absolute Gasteiger partial charge is 0.249 e. The largest absolute Gasteiger partial charge is 0.330 e. The van der Waals surface area contributed by atoms with Crippen molar-refractivity contribution in [2.75, 3.05) is 19.6 Å². The van der Waals surface area contributed by atoms with E-state index in [0.717, 1.165) is 4.31 Å². The Morgan fingerprint density at radius 1 is 1.20 bits per heavy atom. The second-order valence-corrected chi connectivity index (χ2v) is 6.43. The fourth-order valence-electron chi connectivity index (χ4n) is 2.11. The standard InChI is InChI=1S/C11H12F4N2O2S/c12-7-3-8(13)10(15)11(9(7)14)20(18,19)17-2-1-6(4-16)5-17/h3,6H,1-2,4-5,16H2. The van der Waals surface area contributed by atoms with Crippen LogP contribution >= 0.6 is 0 Å². The van der Waals surface area contributed by atoms with Crippen LogP contribution in [0, 0.1) is 29.2 Å². The number of nitrogens with two attached hydrogens (primary N) is 1. The molecular weight excluding hydrogens is 300 g/mol. The third-order valence-electron chi connectivity index (χ3n) is 3.25. The fraction of sp³-hybridized carbons (Fsp3) is 0.455. The van der Waals surface area contributed by atoms with Gasteiger partial charge in [-0.1, -0.05) is 0 Å². The molecule has 9 heteroatoms. The summed E-state index contributed by atoms with van der Waals surface area (Å²) in [5, 5.41) is 0. The van der Waals surface area contributed by atoms with Gasteiger partial charge in [0.15, 0.2) is 28.2 Å². The third kappa shape index (κ3) is 2.40. The van der Waals surface area contributed by atoms with Gasteiger partial charge < -0.3 is 5.73 Å². The Morgan fingerprint density at radius 2 is 1.75 bits per heavy atom. The summed E-state index contributed by atoms with van der Waals surface area (Å²) in [6.07, 6.45) is 0.427. The van der Waals surface area contributed by atoms with Crippen LogP contribution in [-0.2, 0) is 10.0 Å². The molecule has 1 heterocycles. The average molecular weight is 312 g/mol. The van der Waals surface area contributed by atoms with Crippen LogP contribution in [0.3, 0.4) is 0 Å². The van der Waals surface area contributed by atoms with E-state index in [2.05, 4.69) is 0 Å². The van der Waals surface area contributed by atoms with E-state index in [-0.39, 0.29) is 31.6 Å². The molecule has 0 spiro atoms. The number of benzene rings is 1. The van der Waals surface area contributed by atoms with Crippen LogP contribution in [0.5, 0.6) is 0 Å². The van der Waals surface area contributed by atoms with E-state index in [9.17, 15) is 26.0 Å². The Bertz CT molecular complexity index is 610. The minimum Gasteiger partial charge on any atom is -0.330 e.